The molecule has 0 unspecified atom stereocenters. The van der Waals surface area contributed by atoms with Crippen LogP contribution in [0.2, 0.25) is 0 Å². The quantitative estimate of drug-likeness (QED) is 0.281. The minimum Gasteiger partial charge on any atom is -0.494 e. The molecule has 0 aliphatic heterocycles. The molecule has 13 heteroatoms. The van der Waals surface area contributed by atoms with Crippen LogP contribution in [0, 0.1) is 11.6 Å². The molecule has 1 aromatic carbocycles. The zero-order valence-corrected chi connectivity index (χ0v) is 19.8. The summed E-state index contributed by atoms with van der Waals surface area (Å²) in [5.41, 5.74) is 2.58. The SMILES string of the molecule is COc1ccc(-n2cnnn2)c(CCC(=O)c2cn(Cc3cn4cc(C5CC5)cc(F)c4n3)nn2)c1F. The number of ketones is 1. The molecule has 0 bridgehead atoms. The number of carbonyl (C=O) groups is 1. The second-order valence-electron chi connectivity index (χ2n) is 8.92. The third-order valence-corrected chi connectivity index (χ3v) is 6.38. The molecule has 5 aromatic rings. The largest absolute Gasteiger partial charge is 0.494 e. The predicted octanol–water partition coefficient (Wildman–Crippen LogP) is 2.93. The molecule has 0 radical (unpaired) electrons. The topological polar surface area (TPSA) is 118 Å². The summed E-state index contributed by atoms with van der Waals surface area (Å²) in [6.45, 7) is 0.216. The van der Waals surface area contributed by atoms with E-state index < -0.39 is 5.82 Å². The Morgan fingerprint density at radius 2 is 2.03 bits per heavy atom. The molecule has 0 amide bonds. The lowest BCUT2D eigenvalue weighted by Gasteiger charge is -2.12. The van der Waals surface area contributed by atoms with E-state index in [1.54, 1.807) is 22.7 Å². The fourth-order valence-electron chi connectivity index (χ4n) is 4.35. The van der Waals surface area contributed by atoms with Crippen molar-refractivity contribution in [2.75, 3.05) is 7.11 Å². The van der Waals surface area contributed by atoms with Gasteiger partial charge in [-0.15, -0.1) is 10.2 Å². The van der Waals surface area contributed by atoms with Gasteiger partial charge in [-0.3, -0.25) is 4.79 Å². The molecule has 0 saturated heterocycles. The zero-order chi connectivity index (χ0) is 25.5. The Bertz CT molecular complexity index is 1610. The Labute approximate surface area is 208 Å². The van der Waals surface area contributed by atoms with E-state index in [4.69, 9.17) is 4.74 Å². The Morgan fingerprint density at radius 3 is 2.78 bits per heavy atom. The van der Waals surface area contributed by atoms with Crippen LogP contribution >= 0.6 is 0 Å². The molecule has 11 nitrogen and oxygen atoms in total. The van der Waals surface area contributed by atoms with Gasteiger partial charge >= 0.3 is 0 Å². The van der Waals surface area contributed by atoms with Gasteiger partial charge in [0, 0.05) is 24.4 Å². The van der Waals surface area contributed by atoms with Gasteiger partial charge in [0.2, 0.25) is 0 Å². The fourth-order valence-corrected chi connectivity index (χ4v) is 4.35. The number of tetrazole rings is 1. The normalized spacial score (nSPS) is 13.4. The van der Waals surface area contributed by atoms with Gasteiger partial charge in [0.25, 0.3) is 0 Å². The first-order valence-corrected chi connectivity index (χ1v) is 11.7. The number of Topliss-reactive ketones (excluding diaryl/α,β-unsaturated/α-hetero) is 1. The van der Waals surface area contributed by atoms with Crippen molar-refractivity contribution in [1.82, 2.24) is 44.6 Å². The summed E-state index contributed by atoms with van der Waals surface area (Å²) >= 11 is 0. The number of fused-ring (bicyclic) bond motifs is 1. The Morgan fingerprint density at radius 1 is 1.16 bits per heavy atom. The van der Waals surface area contributed by atoms with Crippen molar-refractivity contribution in [3.63, 3.8) is 0 Å². The predicted molar refractivity (Wildman–Crippen MR) is 125 cm³/mol. The molecule has 1 saturated carbocycles. The average molecular weight is 505 g/mol. The number of aromatic nitrogens is 9. The first-order valence-electron chi connectivity index (χ1n) is 11.7. The molecule has 4 heterocycles. The molecular weight excluding hydrogens is 484 g/mol. The van der Waals surface area contributed by atoms with Crippen LogP contribution in [-0.4, -0.2) is 57.5 Å². The molecule has 1 aliphatic rings. The van der Waals surface area contributed by atoms with E-state index in [0.717, 1.165) is 18.4 Å². The van der Waals surface area contributed by atoms with Crippen molar-refractivity contribution < 1.29 is 18.3 Å². The van der Waals surface area contributed by atoms with Crippen molar-refractivity contribution in [3.8, 4) is 11.4 Å². The van der Waals surface area contributed by atoms with Crippen LogP contribution in [-0.2, 0) is 13.0 Å². The van der Waals surface area contributed by atoms with Crippen molar-refractivity contribution in [1.29, 1.82) is 0 Å². The van der Waals surface area contributed by atoms with Gasteiger partial charge in [-0.25, -0.2) is 23.1 Å². The van der Waals surface area contributed by atoms with Crippen LogP contribution in [0.4, 0.5) is 8.78 Å². The number of imidazole rings is 1. The first kappa shape index (κ1) is 22.9. The second kappa shape index (κ2) is 9.15. The van der Waals surface area contributed by atoms with Crippen LogP contribution < -0.4 is 4.74 Å². The number of benzene rings is 1. The standard InChI is InChI=1S/C24H21F2N9O2/c1-37-22-7-5-20(35-13-27-30-32-35)17(23(22)26)4-6-21(36)19-12-34(31-29-19)11-16-10-33-9-15(14-2-3-14)8-18(25)24(33)28-16/h5,7-10,12-14H,2-4,6,11H2,1H3. The summed E-state index contributed by atoms with van der Waals surface area (Å²) in [5, 5.41) is 19.0. The third kappa shape index (κ3) is 4.43. The summed E-state index contributed by atoms with van der Waals surface area (Å²) in [6, 6.07) is 4.65. The maximum absolute atomic E-state index is 15.0. The van der Waals surface area contributed by atoms with Gasteiger partial charge in [0.15, 0.2) is 28.8 Å². The van der Waals surface area contributed by atoms with Crippen LogP contribution in [0.5, 0.6) is 5.75 Å². The van der Waals surface area contributed by atoms with Gasteiger partial charge < -0.3 is 9.14 Å². The van der Waals surface area contributed by atoms with Crippen LogP contribution in [0.25, 0.3) is 11.3 Å². The monoisotopic (exact) mass is 505 g/mol. The smallest absolute Gasteiger partial charge is 0.185 e. The van der Waals surface area contributed by atoms with Gasteiger partial charge in [-0.05, 0) is 59.4 Å². The highest BCUT2D eigenvalue weighted by atomic mass is 19.1. The third-order valence-electron chi connectivity index (χ3n) is 6.38. The molecule has 0 N–H and O–H groups in total. The Balaban J connectivity index is 1.17. The molecule has 1 aliphatic carbocycles. The number of pyridine rings is 1. The van der Waals surface area contributed by atoms with Crippen molar-refractivity contribution in [3.05, 3.63) is 77.3 Å². The molecule has 4 aromatic heterocycles. The number of hydrogen-bond donors (Lipinski definition) is 0. The Kier molecular flexibility index (Phi) is 5.66. The van der Waals surface area contributed by atoms with E-state index in [2.05, 4.69) is 30.8 Å². The highest BCUT2D eigenvalue weighted by Gasteiger charge is 2.25. The molecule has 1 fully saturated rings. The Hall–Kier alpha value is -4.55. The van der Waals surface area contributed by atoms with E-state index in [0.29, 0.717) is 17.3 Å². The van der Waals surface area contributed by atoms with E-state index >= 15 is 4.39 Å². The molecule has 37 heavy (non-hydrogen) atoms. The maximum Gasteiger partial charge on any atom is 0.185 e. The highest BCUT2D eigenvalue weighted by molar-refractivity contribution is 5.94. The lowest BCUT2D eigenvalue weighted by Crippen LogP contribution is -2.08. The fraction of sp³-hybridized carbons (Fsp3) is 0.292. The molecule has 0 atom stereocenters. The molecule has 6 rings (SSSR count). The summed E-state index contributed by atoms with van der Waals surface area (Å²) in [5.74, 6) is -0.792. The highest BCUT2D eigenvalue weighted by Crippen LogP contribution is 2.40. The summed E-state index contributed by atoms with van der Waals surface area (Å²) in [7, 11) is 1.37. The zero-order valence-electron chi connectivity index (χ0n) is 19.8. The van der Waals surface area contributed by atoms with Crippen molar-refractivity contribution in [2.45, 2.75) is 38.1 Å². The van der Waals surface area contributed by atoms with Gasteiger partial charge in [0.05, 0.1) is 31.2 Å². The van der Waals surface area contributed by atoms with Gasteiger partial charge in [-0.1, -0.05) is 5.21 Å². The summed E-state index contributed by atoms with van der Waals surface area (Å²) in [4.78, 5) is 17.2. The van der Waals surface area contributed by atoms with E-state index in [1.165, 1.54) is 35.1 Å². The van der Waals surface area contributed by atoms with E-state index in [-0.39, 0.29) is 53.6 Å². The maximum atomic E-state index is 15.0. The minimum atomic E-state index is -0.587. The van der Waals surface area contributed by atoms with E-state index in [1.807, 2.05) is 6.20 Å². The van der Waals surface area contributed by atoms with Crippen LogP contribution in [0.15, 0.2) is 43.1 Å². The summed E-state index contributed by atoms with van der Waals surface area (Å²) in [6.07, 6.45) is 8.69. The number of carbonyl (C=O) groups excluding carboxylic acids is 1. The number of methoxy groups -OCH3 is 1. The minimum absolute atomic E-state index is 0.0264. The molecule has 0 spiro atoms. The first-order chi connectivity index (χ1) is 18.0. The summed E-state index contributed by atoms with van der Waals surface area (Å²) < 4.78 is 39.1. The number of halogens is 2. The lowest BCUT2D eigenvalue weighted by molar-refractivity contribution is 0.0977. The number of ether oxygens (including phenoxy) is 1. The van der Waals surface area contributed by atoms with Crippen LogP contribution in [0.3, 0.4) is 0 Å². The number of rotatable bonds is 9. The van der Waals surface area contributed by atoms with Crippen LogP contribution in [0.1, 0.15) is 52.5 Å². The van der Waals surface area contributed by atoms with E-state index in [9.17, 15) is 9.18 Å². The number of nitrogens with zero attached hydrogens (tertiary/aromatic N) is 9. The molecular formula is C24H21F2N9O2. The van der Waals surface area contributed by atoms with Crippen molar-refractivity contribution >= 4 is 11.4 Å². The average Bonchev–Trinajstić information content (AvgIpc) is 3.25. The van der Waals surface area contributed by atoms with Crippen molar-refractivity contribution in [2.24, 2.45) is 0 Å². The lowest BCUT2D eigenvalue weighted by atomic mass is 10.0. The molecule has 188 valence electrons. The van der Waals surface area contributed by atoms with Gasteiger partial charge in [-0.2, -0.15) is 0 Å². The second-order valence-corrected chi connectivity index (χ2v) is 8.92. The number of hydrogen-bond acceptors (Lipinski definition) is 8. The van der Waals surface area contributed by atoms with Gasteiger partial charge in [0.1, 0.15) is 12.0 Å².